The summed E-state index contributed by atoms with van der Waals surface area (Å²) in [7, 11) is 0. The number of rotatable bonds is 6. The molecule has 3 rings (SSSR count). The van der Waals surface area contributed by atoms with Gasteiger partial charge in [0.05, 0.1) is 11.8 Å². The minimum atomic E-state index is -1.14. The first kappa shape index (κ1) is 17.7. The molecule has 1 aliphatic rings. The van der Waals surface area contributed by atoms with E-state index in [1.165, 1.54) is 0 Å². The van der Waals surface area contributed by atoms with Gasteiger partial charge in [-0.05, 0) is 11.1 Å². The number of carboxylic acid groups (broad SMARTS) is 2. The van der Waals surface area contributed by atoms with Crippen LogP contribution in [0, 0.1) is 11.8 Å². The molecule has 2 aromatic carbocycles. The van der Waals surface area contributed by atoms with Crippen LogP contribution < -0.4 is 5.32 Å². The van der Waals surface area contributed by atoms with Gasteiger partial charge in [0.15, 0.2) is 0 Å². The summed E-state index contributed by atoms with van der Waals surface area (Å²) in [4.78, 5) is 35.5. The van der Waals surface area contributed by atoms with Crippen molar-refractivity contribution in [2.75, 3.05) is 6.54 Å². The van der Waals surface area contributed by atoms with Crippen LogP contribution in [-0.4, -0.2) is 34.6 Å². The summed E-state index contributed by atoms with van der Waals surface area (Å²) in [6.07, 6.45) is 0. The maximum absolute atomic E-state index is 12.7. The fourth-order valence-electron chi connectivity index (χ4n) is 3.84. The lowest BCUT2D eigenvalue weighted by molar-refractivity contribution is -0.154. The number of carbonyl (C=O) groups excluding carboxylic acids is 1. The first-order valence-corrected chi connectivity index (χ1v) is 8.33. The Morgan fingerprint density at radius 1 is 0.769 bits per heavy atom. The molecule has 2 aromatic rings. The molecular formula is C20H19NO5. The predicted octanol–water partition coefficient (Wildman–Crippen LogP) is 2.09. The van der Waals surface area contributed by atoms with Gasteiger partial charge in [-0.2, -0.15) is 0 Å². The fraction of sp³-hybridized carbons (Fsp3) is 0.250. The lowest BCUT2D eigenvalue weighted by Crippen LogP contribution is -2.54. The summed E-state index contributed by atoms with van der Waals surface area (Å²) < 4.78 is 0. The molecular weight excluding hydrogens is 334 g/mol. The predicted molar refractivity (Wildman–Crippen MR) is 93.6 cm³/mol. The molecule has 0 unspecified atom stereocenters. The zero-order valence-electron chi connectivity index (χ0n) is 13.9. The number of nitrogens with one attached hydrogen (secondary N) is 1. The van der Waals surface area contributed by atoms with Crippen molar-refractivity contribution in [3.8, 4) is 0 Å². The molecule has 0 aromatic heterocycles. The molecule has 6 nitrogen and oxygen atoms in total. The fourth-order valence-corrected chi connectivity index (χ4v) is 3.84. The van der Waals surface area contributed by atoms with Crippen molar-refractivity contribution in [1.82, 2.24) is 5.32 Å². The number of carbonyl (C=O) groups is 3. The summed E-state index contributed by atoms with van der Waals surface area (Å²) in [6, 6.07) is 18.1. The molecule has 1 saturated carbocycles. The van der Waals surface area contributed by atoms with Crippen molar-refractivity contribution < 1.29 is 24.6 Å². The Morgan fingerprint density at radius 3 is 1.62 bits per heavy atom. The van der Waals surface area contributed by atoms with Crippen LogP contribution in [0.15, 0.2) is 60.7 Å². The summed E-state index contributed by atoms with van der Waals surface area (Å²) in [5.74, 6) is -4.94. The van der Waals surface area contributed by atoms with Gasteiger partial charge < -0.3 is 15.5 Å². The van der Waals surface area contributed by atoms with Crippen LogP contribution in [0.1, 0.15) is 23.0 Å². The van der Waals surface area contributed by atoms with Crippen LogP contribution in [0.4, 0.5) is 0 Å². The number of hydrogen-bond donors (Lipinski definition) is 3. The van der Waals surface area contributed by atoms with Crippen LogP contribution >= 0.6 is 0 Å². The molecule has 3 N–H and O–H groups in total. The second-order valence-electron chi connectivity index (χ2n) is 6.37. The summed E-state index contributed by atoms with van der Waals surface area (Å²) in [5.41, 5.74) is 1.53. The molecule has 134 valence electrons. The van der Waals surface area contributed by atoms with Crippen molar-refractivity contribution >= 4 is 17.8 Å². The van der Waals surface area contributed by atoms with Crippen molar-refractivity contribution in [2.45, 2.75) is 11.8 Å². The Balaban J connectivity index is 1.99. The highest BCUT2D eigenvalue weighted by atomic mass is 16.4. The maximum atomic E-state index is 12.7. The van der Waals surface area contributed by atoms with E-state index in [2.05, 4.69) is 5.32 Å². The van der Waals surface area contributed by atoms with Crippen molar-refractivity contribution in [3.05, 3.63) is 71.8 Å². The van der Waals surface area contributed by atoms with E-state index in [0.29, 0.717) is 0 Å². The molecule has 0 heterocycles. The zero-order valence-corrected chi connectivity index (χ0v) is 13.9. The van der Waals surface area contributed by atoms with Gasteiger partial charge in [-0.25, -0.2) is 0 Å². The molecule has 26 heavy (non-hydrogen) atoms. The van der Waals surface area contributed by atoms with Gasteiger partial charge in [-0.3, -0.25) is 14.4 Å². The molecule has 0 aliphatic heterocycles. The minimum absolute atomic E-state index is 0.437. The first-order chi connectivity index (χ1) is 12.5. The second kappa shape index (κ2) is 7.39. The standard InChI is InChI=1S/C20H19NO5/c22-14(23)11-21-19(24)17-15(12-7-3-1-4-8-12)18(20(25)26)16(17)13-9-5-2-6-10-13/h1-10,15-18H,11H2,(H,21,24)(H,22,23)(H,25,26)/t15-,16-,17?,18?/m0/s1. The Morgan fingerprint density at radius 2 is 1.23 bits per heavy atom. The summed E-state index contributed by atoms with van der Waals surface area (Å²) in [5, 5.41) is 21.0. The van der Waals surface area contributed by atoms with Crippen LogP contribution in [0.2, 0.25) is 0 Å². The van der Waals surface area contributed by atoms with E-state index in [-0.39, 0.29) is 0 Å². The highest BCUT2D eigenvalue weighted by Crippen LogP contribution is 2.57. The topological polar surface area (TPSA) is 104 Å². The first-order valence-electron chi connectivity index (χ1n) is 8.33. The highest BCUT2D eigenvalue weighted by Gasteiger charge is 2.58. The smallest absolute Gasteiger partial charge is 0.322 e. The largest absolute Gasteiger partial charge is 0.481 e. The van der Waals surface area contributed by atoms with Gasteiger partial charge in [0.1, 0.15) is 6.54 Å². The van der Waals surface area contributed by atoms with Crippen LogP contribution in [0.3, 0.4) is 0 Å². The third kappa shape index (κ3) is 3.31. The quantitative estimate of drug-likeness (QED) is 0.738. The zero-order chi connectivity index (χ0) is 18.7. The number of benzene rings is 2. The van der Waals surface area contributed by atoms with E-state index in [1.54, 1.807) is 48.5 Å². The van der Waals surface area contributed by atoms with Gasteiger partial charge >= 0.3 is 11.9 Å². The van der Waals surface area contributed by atoms with Crippen molar-refractivity contribution in [2.24, 2.45) is 11.8 Å². The average Bonchev–Trinajstić information content (AvgIpc) is 2.60. The van der Waals surface area contributed by atoms with Gasteiger partial charge in [0.2, 0.25) is 5.91 Å². The van der Waals surface area contributed by atoms with E-state index in [4.69, 9.17) is 5.11 Å². The summed E-state index contributed by atoms with van der Waals surface area (Å²) in [6.45, 7) is -0.490. The number of hydrogen-bond acceptors (Lipinski definition) is 3. The second-order valence-corrected chi connectivity index (χ2v) is 6.37. The van der Waals surface area contributed by atoms with Gasteiger partial charge in [0, 0.05) is 11.8 Å². The van der Waals surface area contributed by atoms with Crippen molar-refractivity contribution in [3.63, 3.8) is 0 Å². The van der Waals surface area contributed by atoms with Crippen LogP contribution in [0.25, 0.3) is 0 Å². The SMILES string of the molecule is O=C(O)CNC(=O)C1[C@H](c2ccccc2)C(C(=O)O)[C@H]1c1ccccc1. The highest BCUT2D eigenvalue weighted by molar-refractivity contribution is 5.89. The normalized spacial score (nSPS) is 24.3. The molecule has 1 amide bonds. The molecule has 0 radical (unpaired) electrons. The molecule has 6 heteroatoms. The van der Waals surface area contributed by atoms with Crippen molar-refractivity contribution in [1.29, 1.82) is 0 Å². The van der Waals surface area contributed by atoms with Crippen LogP contribution in [0.5, 0.6) is 0 Å². The lowest BCUT2D eigenvalue weighted by Gasteiger charge is -2.49. The Bertz CT molecular complexity index is 758. The molecule has 1 fully saturated rings. The molecule has 0 saturated heterocycles. The number of carboxylic acids is 2. The van der Waals surface area contributed by atoms with Gasteiger partial charge in [-0.15, -0.1) is 0 Å². The third-order valence-corrected chi connectivity index (χ3v) is 4.92. The van der Waals surface area contributed by atoms with E-state index < -0.39 is 48.1 Å². The van der Waals surface area contributed by atoms with E-state index in [9.17, 15) is 19.5 Å². The van der Waals surface area contributed by atoms with E-state index in [1.807, 2.05) is 12.1 Å². The monoisotopic (exact) mass is 353 g/mol. The molecule has 0 spiro atoms. The molecule has 0 bridgehead atoms. The maximum Gasteiger partial charge on any atom is 0.322 e. The Kier molecular flexibility index (Phi) is 5.02. The van der Waals surface area contributed by atoms with Crippen LogP contribution in [-0.2, 0) is 14.4 Å². The van der Waals surface area contributed by atoms with E-state index >= 15 is 0 Å². The van der Waals surface area contributed by atoms with Gasteiger partial charge in [0.25, 0.3) is 0 Å². The molecule has 2 atom stereocenters. The average molecular weight is 353 g/mol. The van der Waals surface area contributed by atoms with Gasteiger partial charge in [-0.1, -0.05) is 60.7 Å². The number of amides is 1. The Labute approximate surface area is 150 Å². The number of aliphatic carboxylic acids is 2. The Hall–Kier alpha value is -3.15. The third-order valence-electron chi connectivity index (χ3n) is 4.92. The lowest BCUT2D eigenvalue weighted by atomic mass is 9.52. The van der Waals surface area contributed by atoms with E-state index in [0.717, 1.165) is 11.1 Å². The molecule has 1 aliphatic carbocycles. The minimum Gasteiger partial charge on any atom is -0.481 e. The summed E-state index contributed by atoms with van der Waals surface area (Å²) >= 11 is 0.